The third-order valence-electron chi connectivity index (χ3n) is 3.90. The van der Waals surface area contributed by atoms with Crippen LogP contribution in [0.5, 0.6) is 0 Å². The molecule has 5 nitrogen and oxygen atoms in total. The molecule has 28 heavy (non-hydrogen) atoms. The Bertz CT molecular complexity index is 950. The predicted octanol–water partition coefficient (Wildman–Crippen LogP) is 4.44. The number of benzene rings is 2. The van der Waals surface area contributed by atoms with Crippen molar-refractivity contribution in [1.82, 2.24) is 10.3 Å². The van der Waals surface area contributed by atoms with Gasteiger partial charge in [-0.1, -0.05) is 42.1 Å². The number of nitrogens with one attached hydrogen (secondary N) is 1. The number of hydrogen-bond acceptors (Lipinski definition) is 6. The molecule has 7 heteroatoms. The second kappa shape index (κ2) is 9.52. The minimum absolute atomic E-state index is 0.335. The second-order valence-corrected chi connectivity index (χ2v) is 8.27. The number of thiazole rings is 1. The molecule has 0 saturated heterocycles. The standard InChI is InChI=1S/C21H20N2O3S2/c1-3-12-22-19(24)14(2)26-20(25)16-10-8-15(9-11-16)13-27-21-23-17-6-4-5-7-18(17)28-21/h3-11,14H,1,12-13H2,2H3,(H,22,24)/t14-/m0/s1. The lowest BCUT2D eigenvalue weighted by molar-refractivity contribution is -0.128. The summed E-state index contributed by atoms with van der Waals surface area (Å²) in [5.41, 5.74) is 2.51. The number of ether oxygens (including phenoxy) is 1. The van der Waals surface area contributed by atoms with E-state index in [9.17, 15) is 9.59 Å². The lowest BCUT2D eigenvalue weighted by Crippen LogP contribution is -2.35. The van der Waals surface area contributed by atoms with Crippen molar-refractivity contribution in [2.75, 3.05) is 6.54 Å². The monoisotopic (exact) mass is 412 g/mol. The minimum atomic E-state index is -0.860. The summed E-state index contributed by atoms with van der Waals surface area (Å²) in [6, 6.07) is 15.3. The molecule has 1 N–H and O–H groups in total. The number of thioether (sulfide) groups is 1. The first kappa shape index (κ1) is 20.1. The van der Waals surface area contributed by atoms with Crippen molar-refractivity contribution in [1.29, 1.82) is 0 Å². The Morgan fingerprint density at radius 2 is 2.00 bits per heavy atom. The molecule has 1 aromatic heterocycles. The summed E-state index contributed by atoms with van der Waals surface area (Å²) >= 11 is 3.34. The van der Waals surface area contributed by atoms with Crippen molar-refractivity contribution in [3.63, 3.8) is 0 Å². The van der Waals surface area contributed by atoms with Crippen molar-refractivity contribution in [2.45, 2.75) is 23.1 Å². The summed E-state index contributed by atoms with van der Waals surface area (Å²) in [4.78, 5) is 28.6. The lowest BCUT2D eigenvalue weighted by Gasteiger charge is -2.12. The van der Waals surface area contributed by atoms with Gasteiger partial charge in [0.1, 0.15) is 0 Å². The molecule has 0 aliphatic heterocycles. The smallest absolute Gasteiger partial charge is 0.338 e. The molecule has 3 rings (SSSR count). The van der Waals surface area contributed by atoms with E-state index in [4.69, 9.17) is 4.74 Å². The van der Waals surface area contributed by atoms with Gasteiger partial charge >= 0.3 is 5.97 Å². The van der Waals surface area contributed by atoms with Crippen LogP contribution in [-0.4, -0.2) is 29.5 Å². The summed E-state index contributed by atoms with van der Waals surface area (Å²) in [6.07, 6.45) is 0.707. The van der Waals surface area contributed by atoms with Crippen LogP contribution in [0.15, 0.2) is 65.5 Å². The molecule has 0 spiro atoms. The zero-order valence-corrected chi connectivity index (χ0v) is 17.0. The summed E-state index contributed by atoms with van der Waals surface area (Å²) in [5.74, 6) is -0.112. The van der Waals surface area contributed by atoms with Gasteiger partial charge < -0.3 is 10.1 Å². The highest BCUT2D eigenvalue weighted by atomic mass is 32.2. The van der Waals surface area contributed by atoms with Crippen LogP contribution in [0.1, 0.15) is 22.8 Å². The van der Waals surface area contributed by atoms with Crippen molar-refractivity contribution in [3.05, 3.63) is 72.3 Å². The van der Waals surface area contributed by atoms with Crippen LogP contribution in [0.2, 0.25) is 0 Å². The molecule has 3 aromatic rings. The topological polar surface area (TPSA) is 68.3 Å². The maximum absolute atomic E-state index is 12.2. The summed E-state index contributed by atoms with van der Waals surface area (Å²) in [5, 5.41) is 2.60. The summed E-state index contributed by atoms with van der Waals surface area (Å²) < 4.78 is 7.39. The molecule has 0 bridgehead atoms. The van der Waals surface area contributed by atoms with Crippen molar-refractivity contribution in [3.8, 4) is 0 Å². The Morgan fingerprint density at radius 1 is 1.25 bits per heavy atom. The number of amides is 1. The molecular formula is C21H20N2O3S2. The quantitative estimate of drug-likeness (QED) is 0.337. The highest BCUT2D eigenvalue weighted by Gasteiger charge is 2.18. The van der Waals surface area contributed by atoms with Crippen molar-refractivity contribution < 1.29 is 14.3 Å². The van der Waals surface area contributed by atoms with E-state index in [0.29, 0.717) is 12.1 Å². The van der Waals surface area contributed by atoms with E-state index in [1.54, 1.807) is 48.2 Å². The zero-order valence-electron chi connectivity index (χ0n) is 15.4. The number of rotatable bonds is 8. The van der Waals surface area contributed by atoms with E-state index in [0.717, 1.165) is 21.2 Å². The first-order valence-corrected chi connectivity index (χ1v) is 10.5. The summed E-state index contributed by atoms with van der Waals surface area (Å²) in [7, 11) is 0. The fourth-order valence-corrected chi connectivity index (χ4v) is 4.42. The number of esters is 1. The Balaban J connectivity index is 1.54. The highest BCUT2D eigenvalue weighted by molar-refractivity contribution is 8.00. The van der Waals surface area contributed by atoms with Gasteiger partial charge in [-0.05, 0) is 36.8 Å². The fourth-order valence-electron chi connectivity index (χ4n) is 2.39. The Kier molecular flexibility index (Phi) is 6.84. The number of fused-ring (bicyclic) bond motifs is 1. The van der Waals surface area contributed by atoms with Crippen LogP contribution in [0.3, 0.4) is 0 Å². The van der Waals surface area contributed by atoms with E-state index in [2.05, 4.69) is 22.9 Å². The molecule has 1 amide bonds. The molecule has 0 aliphatic rings. The van der Waals surface area contributed by atoms with Crippen LogP contribution in [0.25, 0.3) is 10.2 Å². The second-order valence-electron chi connectivity index (χ2n) is 6.01. The SMILES string of the molecule is C=CCNC(=O)[C@H](C)OC(=O)c1ccc(CSc2nc3ccccc3s2)cc1. The van der Waals surface area contributed by atoms with Crippen LogP contribution < -0.4 is 5.32 Å². The van der Waals surface area contributed by atoms with E-state index < -0.39 is 12.1 Å². The van der Waals surface area contributed by atoms with Gasteiger partial charge in [0.2, 0.25) is 0 Å². The van der Waals surface area contributed by atoms with Crippen molar-refractivity contribution in [2.24, 2.45) is 0 Å². The van der Waals surface area contributed by atoms with Gasteiger partial charge in [-0.2, -0.15) is 0 Å². The summed E-state index contributed by atoms with van der Waals surface area (Å²) in [6.45, 7) is 5.40. The zero-order chi connectivity index (χ0) is 19.9. The van der Waals surface area contributed by atoms with E-state index in [-0.39, 0.29) is 5.91 Å². The minimum Gasteiger partial charge on any atom is -0.449 e. The van der Waals surface area contributed by atoms with Gasteiger partial charge in [0.15, 0.2) is 10.4 Å². The van der Waals surface area contributed by atoms with E-state index >= 15 is 0 Å². The highest BCUT2D eigenvalue weighted by Crippen LogP contribution is 2.31. The molecule has 2 aromatic carbocycles. The van der Waals surface area contributed by atoms with Gasteiger partial charge in [-0.25, -0.2) is 9.78 Å². The lowest BCUT2D eigenvalue weighted by atomic mass is 10.1. The number of hydrogen-bond donors (Lipinski definition) is 1. The molecule has 1 heterocycles. The first-order chi connectivity index (χ1) is 13.6. The van der Waals surface area contributed by atoms with E-state index in [1.165, 1.54) is 4.70 Å². The number of carbonyl (C=O) groups excluding carboxylic acids is 2. The Morgan fingerprint density at radius 3 is 2.71 bits per heavy atom. The Labute approximate surface area is 171 Å². The molecule has 0 radical (unpaired) electrons. The van der Waals surface area contributed by atoms with Crippen LogP contribution in [-0.2, 0) is 15.3 Å². The average molecular weight is 413 g/mol. The van der Waals surface area contributed by atoms with Gasteiger partial charge in [-0.15, -0.1) is 17.9 Å². The molecule has 0 unspecified atom stereocenters. The van der Waals surface area contributed by atoms with Crippen molar-refractivity contribution >= 4 is 45.2 Å². The Hall–Kier alpha value is -2.64. The number of carbonyl (C=O) groups is 2. The number of nitrogens with zero attached hydrogens (tertiary/aromatic N) is 1. The largest absolute Gasteiger partial charge is 0.449 e. The molecular weight excluding hydrogens is 392 g/mol. The first-order valence-electron chi connectivity index (χ1n) is 8.73. The van der Waals surface area contributed by atoms with E-state index in [1.807, 2.05) is 30.3 Å². The maximum atomic E-state index is 12.2. The third kappa shape index (κ3) is 5.21. The average Bonchev–Trinajstić information content (AvgIpc) is 3.13. The van der Waals surface area contributed by atoms with Gasteiger partial charge in [0, 0.05) is 12.3 Å². The maximum Gasteiger partial charge on any atom is 0.338 e. The molecule has 1 atom stereocenters. The predicted molar refractivity (Wildman–Crippen MR) is 114 cm³/mol. The number of para-hydroxylation sites is 1. The normalized spacial score (nSPS) is 11.8. The third-order valence-corrected chi connectivity index (χ3v) is 6.15. The van der Waals surface area contributed by atoms with Crippen LogP contribution in [0, 0.1) is 0 Å². The van der Waals surface area contributed by atoms with Crippen LogP contribution in [0.4, 0.5) is 0 Å². The number of aromatic nitrogens is 1. The molecule has 0 aliphatic carbocycles. The molecule has 0 saturated carbocycles. The van der Waals surface area contributed by atoms with Gasteiger partial charge in [-0.3, -0.25) is 4.79 Å². The van der Waals surface area contributed by atoms with Crippen LogP contribution >= 0.6 is 23.1 Å². The fraction of sp³-hybridized carbons (Fsp3) is 0.190. The van der Waals surface area contributed by atoms with Gasteiger partial charge in [0.05, 0.1) is 15.8 Å². The molecule has 0 fully saturated rings. The molecule has 144 valence electrons. The van der Waals surface area contributed by atoms with Gasteiger partial charge in [0.25, 0.3) is 5.91 Å².